The van der Waals surface area contributed by atoms with Gasteiger partial charge in [-0.2, -0.15) is 0 Å². The molecule has 0 saturated heterocycles. The summed E-state index contributed by atoms with van der Waals surface area (Å²) in [6, 6.07) is 94.4. The van der Waals surface area contributed by atoms with Gasteiger partial charge in [0.05, 0.1) is 33.4 Å². The maximum atomic E-state index is 6.94. The molecule has 0 amide bonds. The maximum absolute atomic E-state index is 6.94. The minimum atomic E-state index is -2.11. The van der Waals surface area contributed by atoms with Gasteiger partial charge in [0.15, 0.2) is 0 Å². The van der Waals surface area contributed by atoms with Crippen LogP contribution in [0.15, 0.2) is 261 Å². The van der Waals surface area contributed by atoms with E-state index < -0.39 is 16.1 Å². The van der Waals surface area contributed by atoms with Gasteiger partial charge in [-0.25, -0.2) is 4.98 Å². The summed E-state index contributed by atoms with van der Waals surface area (Å²) in [5.74, 6) is 2.34. The lowest BCUT2D eigenvalue weighted by molar-refractivity contribution is -0.571. The number of pyridine rings is 1. The van der Waals surface area contributed by atoms with Gasteiger partial charge in [0, 0.05) is 23.0 Å². The highest BCUT2D eigenvalue weighted by Crippen LogP contribution is 2.44. The normalized spacial score (nSPS) is 13.6. The fourth-order valence-electron chi connectivity index (χ4n) is 14.4. The van der Waals surface area contributed by atoms with Gasteiger partial charge in [0.25, 0.3) is 6.33 Å². The van der Waals surface area contributed by atoms with E-state index in [1.807, 2.05) is 12.3 Å². The molecule has 11 aromatic carbocycles. The van der Waals surface area contributed by atoms with Crippen molar-refractivity contribution in [3.05, 3.63) is 273 Å². The third-order valence-electron chi connectivity index (χ3n) is 18.8. The molecule has 0 aliphatic carbocycles. The third-order valence-corrected chi connectivity index (χ3v) is 26.0. The quantitative estimate of drug-likeness (QED) is 0.0906. The van der Waals surface area contributed by atoms with Crippen LogP contribution < -0.4 is 30.1 Å². The van der Waals surface area contributed by atoms with E-state index in [4.69, 9.17) is 9.72 Å². The van der Waals surface area contributed by atoms with Gasteiger partial charge in [-0.1, -0.05) is 235 Å². The molecule has 7 heteroatoms. The molecule has 0 fully saturated rings. The van der Waals surface area contributed by atoms with Gasteiger partial charge in [-0.3, -0.25) is 13.7 Å². The number of rotatable bonds is 7. The molecule has 87 heavy (non-hydrogen) atoms. The van der Waals surface area contributed by atoms with Crippen molar-refractivity contribution in [1.82, 2.24) is 14.1 Å². The molecule has 418 valence electrons. The van der Waals surface area contributed by atoms with Crippen molar-refractivity contribution < 1.29 is 9.30 Å². The summed E-state index contributed by atoms with van der Waals surface area (Å²) >= 11 is 0. The van der Waals surface area contributed by atoms with Gasteiger partial charge < -0.3 is 4.74 Å². The largest absolute Gasteiger partial charge is 0.458 e. The van der Waals surface area contributed by atoms with Crippen molar-refractivity contribution in [2.75, 3.05) is 0 Å². The molecule has 0 N–H and O–H groups in total. The summed E-state index contributed by atoms with van der Waals surface area (Å²) in [5.41, 5.74) is 22.3. The molecule has 5 heterocycles. The highest BCUT2D eigenvalue weighted by atomic mass is 28.3. The van der Waals surface area contributed by atoms with E-state index >= 15 is 0 Å². The second-order valence-corrected chi connectivity index (χ2v) is 34.4. The zero-order chi connectivity index (χ0) is 58.9. The molecule has 0 unspecified atom stereocenters. The summed E-state index contributed by atoms with van der Waals surface area (Å²) in [5, 5.41) is 8.17. The summed E-state index contributed by atoms with van der Waals surface area (Å²) in [6.07, 6.45) is 5.94. The monoisotopic (exact) mass is 1150 g/mol. The number of imidazole rings is 1. The Morgan fingerprint density at radius 1 is 0.402 bits per heavy atom. The Labute approximate surface area is 510 Å². The Bertz CT molecular complexity index is 4980. The topological polar surface area (TPSA) is 35.9 Å². The predicted molar refractivity (Wildman–Crippen MR) is 367 cm³/mol. The van der Waals surface area contributed by atoms with Gasteiger partial charge in [0.2, 0.25) is 0 Å². The fourth-order valence-corrected chi connectivity index (χ4v) is 20.6. The fraction of sp³-hybridized carbons (Fsp3) is 0.100. The summed E-state index contributed by atoms with van der Waals surface area (Å²) in [7, 11) is -4.23. The second-order valence-electron chi connectivity index (χ2n) is 25.7. The average Bonchev–Trinajstić information content (AvgIpc) is 1.72. The van der Waals surface area contributed by atoms with Crippen LogP contribution in [0.5, 0.6) is 11.5 Å². The van der Waals surface area contributed by atoms with Crippen LogP contribution in [-0.2, 0) is 5.41 Å². The number of hydrogen-bond acceptors (Lipinski definition) is 2. The molecule has 3 aromatic heterocycles. The lowest BCUT2D eigenvalue weighted by atomic mass is 9.88. The van der Waals surface area contributed by atoms with Crippen LogP contribution in [-0.4, -0.2) is 30.3 Å². The summed E-state index contributed by atoms with van der Waals surface area (Å²) < 4.78 is 13.7. The lowest BCUT2D eigenvalue weighted by Crippen LogP contribution is -2.53. The maximum Gasteiger partial charge on any atom is 0.269 e. The van der Waals surface area contributed by atoms with Crippen molar-refractivity contribution in [2.24, 2.45) is 0 Å². The zero-order valence-corrected chi connectivity index (χ0v) is 52.0. The number of aromatic nitrogens is 4. The standard InChI is InChI=1S/C80H64N4OSi2/c1-80(2,3)54-44-45-81-78(48-54)84-70-31-13-8-24-62(70)63-43-40-57(50-73(63)84)85-56-23-20-22-55(49-56)82-51-83(72-33-15-14-32-71(72)82)79-58(52-38-41-60-64-25-9-16-34-74(64)86(4,5)76-36-18-11-27-66(76)68(60)46-52)29-21-30-59(79)53-39-42-61-65-26-10-17-35-75(65)87(6,7)77-37-19-12-28-67(77)69(61)47-53/h8-50H,1-7H3. The van der Waals surface area contributed by atoms with Crippen molar-refractivity contribution in [3.63, 3.8) is 0 Å². The minimum absolute atomic E-state index is 0.0357. The molecule has 5 nitrogen and oxygen atoms in total. The van der Waals surface area contributed by atoms with E-state index in [9.17, 15) is 0 Å². The molecular formula is C80H64N4OSi2. The Morgan fingerprint density at radius 2 is 0.897 bits per heavy atom. The number of ether oxygens (including phenoxy) is 1. The SMILES string of the molecule is CC(C)(C)c1ccnc(-n2c3ccccc3c3ccc(Oc4cccc(-n5[c-][n+](-c6c(-c7ccc8c(c7)-c7ccccc7[Si](C)(C)c7ccccc7-8)cccc6-c6ccc7c(c6)-c6ccccc6[Si](C)(C)c6ccccc6-7)c6ccccc65)c4)cc32)c1. The smallest absolute Gasteiger partial charge is 0.269 e. The number of para-hydroxylation sites is 4. The van der Waals surface area contributed by atoms with Crippen LogP contribution in [0.4, 0.5) is 0 Å². The lowest BCUT2D eigenvalue weighted by Gasteiger charge is -2.25. The van der Waals surface area contributed by atoms with Crippen molar-refractivity contribution in [3.8, 4) is 95.5 Å². The number of benzene rings is 11. The average molecular weight is 1150 g/mol. The van der Waals surface area contributed by atoms with Crippen LogP contribution in [0.3, 0.4) is 0 Å². The van der Waals surface area contributed by atoms with Crippen molar-refractivity contribution >= 4 is 69.7 Å². The highest BCUT2D eigenvalue weighted by Gasteiger charge is 2.37. The number of fused-ring (bicyclic) bond motifs is 14. The van der Waals surface area contributed by atoms with Crippen LogP contribution in [0.25, 0.3) is 117 Å². The van der Waals surface area contributed by atoms with Gasteiger partial charge in [0.1, 0.15) is 33.5 Å². The Balaban J connectivity index is 0.881. The van der Waals surface area contributed by atoms with E-state index in [2.05, 4.69) is 316 Å². The molecular weight excluding hydrogens is 1090 g/mol. The first-order valence-corrected chi connectivity index (χ1v) is 36.3. The molecule has 0 radical (unpaired) electrons. The summed E-state index contributed by atoms with van der Waals surface area (Å²) in [4.78, 5) is 4.95. The second kappa shape index (κ2) is 19.8. The van der Waals surface area contributed by atoms with E-state index in [0.29, 0.717) is 0 Å². The zero-order valence-electron chi connectivity index (χ0n) is 50.0. The number of nitrogens with zero attached hydrogens (tertiary/aromatic N) is 4. The molecule has 14 aromatic rings. The minimum Gasteiger partial charge on any atom is -0.458 e. The first kappa shape index (κ1) is 52.6. The molecule has 0 bridgehead atoms. The third kappa shape index (κ3) is 8.39. The van der Waals surface area contributed by atoms with Crippen LogP contribution in [0.1, 0.15) is 26.3 Å². The molecule has 2 aliphatic rings. The molecule has 0 atom stereocenters. The molecule has 0 spiro atoms. The van der Waals surface area contributed by atoms with Crippen LogP contribution in [0, 0.1) is 6.33 Å². The molecule has 2 aliphatic heterocycles. The first-order valence-electron chi connectivity index (χ1n) is 30.3. The van der Waals surface area contributed by atoms with E-state index in [0.717, 1.165) is 78.4 Å². The molecule has 16 rings (SSSR count). The van der Waals surface area contributed by atoms with E-state index in [1.54, 1.807) is 0 Å². The van der Waals surface area contributed by atoms with Crippen LogP contribution >= 0.6 is 0 Å². The number of hydrogen-bond donors (Lipinski definition) is 0. The van der Waals surface area contributed by atoms with Gasteiger partial charge >= 0.3 is 0 Å². The Morgan fingerprint density at radius 3 is 1.49 bits per heavy atom. The van der Waals surface area contributed by atoms with E-state index in [-0.39, 0.29) is 5.41 Å². The molecule has 0 saturated carbocycles. The Hall–Kier alpha value is -9.93. The van der Waals surface area contributed by atoms with E-state index in [1.165, 1.54) is 76.2 Å². The first-order chi connectivity index (χ1) is 42.3. The van der Waals surface area contributed by atoms with Crippen LogP contribution in [0.2, 0.25) is 26.2 Å². The highest BCUT2D eigenvalue weighted by molar-refractivity contribution is 7.02. The van der Waals surface area contributed by atoms with Crippen molar-refractivity contribution in [1.29, 1.82) is 0 Å². The Kier molecular flexibility index (Phi) is 12.0. The van der Waals surface area contributed by atoms with Gasteiger partial charge in [-0.15, -0.1) is 0 Å². The summed E-state index contributed by atoms with van der Waals surface area (Å²) in [6.45, 7) is 16.8. The van der Waals surface area contributed by atoms with Gasteiger partial charge in [-0.05, 0) is 159 Å². The van der Waals surface area contributed by atoms with Crippen molar-refractivity contribution in [2.45, 2.75) is 52.4 Å². The predicted octanol–water partition coefficient (Wildman–Crippen LogP) is 17.6.